The SMILES string of the molecule is O=C(NCCSC(Cc1ccccc1C(=O)[O-])B(O)O)c1ccc(CN(Cc2ccccn2)Cc2ccccn2)nc1.[Na+]. The van der Waals surface area contributed by atoms with Crippen LogP contribution in [0.25, 0.3) is 0 Å². The van der Waals surface area contributed by atoms with Crippen LogP contribution in [0.15, 0.2) is 91.4 Å². The number of carboxylic acid groups (broad SMARTS) is 1. The van der Waals surface area contributed by atoms with Crippen LogP contribution >= 0.6 is 11.8 Å². The Hall–Kier alpha value is -3.10. The summed E-state index contributed by atoms with van der Waals surface area (Å²) in [6, 6.07) is 21.5. The summed E-state index contributed by atoms with van der Waals surface area (Å²) >= 11 is 1.23. The zero-order chi connectivity index (χ0) is 29.7. The minimum atomic E-state index is -1.66. The van der Waals surface area contributed by atoms with Crippen LogP contribution in [-0.2, 0) is 26.1 Å². The largest absolute Gasteiger partial charge is 1.00 e. The van der Waals surface area contributed by atoms with E-state index in [-0.39, 0.29) is 54.0 Å². The first-order chi connectivity index (χ1) is 20.4. The average Bonchev–Trinajstić information content (AvgIpc) is 3.00. The van der Waals surface area contributed by atoms with E-state index in [0.29, 0.717) is 36.5 Å². The molecule has 1 unspecified atom stereocenters. The van der Waals surface area contributed by atoms with Crippen molar-refractivity contribution in [2.45, 2.75) is 31.2 Å². The Kier molecular flexibility index (Phi) is 14.3. The number of amides is 1. The molecular weight excluding hydrogens is 576 g/mol. The predicted molar refractivity (Wildman–Crippen MR) is 159 cm³/mol. The van der Waals surface area contributed by atoms with Gasteiger partial charge in [0, 0.05) is 61.2 Å². The maximum absolute atomic E-state index is 12.7. The van der Waals surface area contributed by atoms with Crippen LogP contribution in [-0.4, -0.2) is 66.3 Å². The Balaban J connectivity index is 0.00000506. The summed E-state index contributed by atoms with van der Waals surface area (Å²) in [5.41, 5.74) is 3.54. The van der Waals surface area contributed by atoms with Crippen molar-refractivity contribution in [3.05, 3.63) is 125 Å². The van der Waals surface area contributed by atoms with E-state index in [1.165, 1.54) is 24.0 Å². The van der Waals surface area contributed by atoms with Gasteiger partial charge in [-0.25, -0.2) is 0 Å². The second kappa shape index (κ2) is 17.9. The number of carbonyl (C=O) groups is 2. The van der Waals surface area contributed by atoms with Gasteiger partial charge < -0.3 is 25.3 Å². The predicted octanol–water partition coefficient (Wildman–Crippen LogP) is -1.47. The molecule has 0 aliphatic carbocycles. The number of thioether (sulfide) groups is 1. The van der Waals surface area contributed by atoms with Crippen LogP contribution in [0.5, 0.6) is 0 Å². The van der Waals surface area contributed by atoms with E-state index in [4.69, 9.17) is 0 Å². The minimum Gasteiger partial charge on any atom is -0.545 e. The van der Waals surface area contributed by atoms with Crippen molar-refractivity contribution in [2.75, 3.05) is 12.3 Å². The molecule has 1 amide bonds. The van der Waals surface area contributed by atoms with Gasteiger partial charge in [0.1, 0.15) is 0 Å². The summed E-state index contributed by atoms with van der Waals surface area (Å²) in [5, 5.41) is 33.1. The third kappa shape index (κ3) is 11.2. The van der Waals surface area contributed by atoms with Crippen molar-refractivity contribution in [1.82, 2.24) is 25.2 Å². The molecule has 216 valence electrons. The zero-order valence-corrected chi connectivity index (χ0v) is 26.7. The number of carbonyl (C=O) groups excluding carboxylic acids is 2. The third-order valence-corrected chi connectivity index (χ3v) is 7.68. The normalized spacial score (nSPS) is 11.4. The quantitative estimate of drug-likeness (QED) is 0.108. The van der Waals surface area contributed by atoms with Crippen molar-refractivity contribution in [3.8, 4) is 0 Å². The molecule has 0 saturated carbocycles. The molecule has 0 fully saturated rings. The number of aromatic carboxylic acids is 1. The summed E-state index contributed by atoms with van der Waals surface area (Å²) in [5.74, 6) is -1.22. The first-order valence-corrected chi connectivity index (χ1v) is 14.5. The number of nitrogens with one attached hydrogen (secondary N) is 1. The number of pyridine rings is 3. The van der Waals surface area contributed by atoms with Crippen molar-refractivity contribution in [1.29, 1.82) is 0 Å². The van der Waals surface area contributed by atoms with Crippen LogP contribution in [0.3, 0.4) is 0 Å². The molecule has 0 bridgehead atoms. The number of hydrogen-bond donors (Lipinski definition) is 3. The Bertz CT molecular complexity index is 1400. The van der Waals surface area contributed by atoms with Crippen molar-refractivity contribution >= 4 is 30.8 Å². The summed E-state index contributed by atoms with van der Waals surface area (Å²) < 4.78 is 0. The molecule has 3 N–H and O–H groups in total. The van der Waals surface area contributed by atoms with E-state index in [1.54, 1.807) is 36.7 Å². The van der Waals surface area contributed by atoms with Crippen molar-refractivity contribution < 1.29 is 54.3 Å². The van der Waals surface area contributed by atoms with Crippen LogP contribution in [0.2, 0.25) is 0 Å². The molecule has 1 aromatic carbocycles. The molecule has 10 nitrogen and oxygen atoms in total. The van der Waals surface area contributed by atoms with E-state index in [9.17, 15) is 24.7 Å². The first-order valence-electron chi connectivity index (χ1n) is 13.4. The summed E-state index contributed by atoms with van der Waals surface area (Å²) in [7, 11) is -1.66. The first kappa shape index (κ1) is 34.4. The van der Waals surface area contributed by atoms with Gasteiger partial charge in [-0.15, -0.1) is 0 Å². The molecule has 43 heavy (non-hydrogen) atoms. The van der Waals surface area contributed by atoms with Crippen molar-refractivity contribution in [3.63, 3.8) is 0 Å². The minimum absolute atomic E-state index is 0. The average molecular weight is 607 g/mol. The molecule has 13 heteroatoms. The van der Waals surface area contributed by atoms with Gasteiger partial charge in [0.2, 0.25) is 0 Å². The number of benzene rings is 1. The van der Waals surface area contributed by atoms with E-state index in [0.717, 1.165) is 17.1 Å². The van der Waals surface area contributed by atoms with Gasteiger partial charge in [0.25, 0.3) is 5.91 Å². The number of aromatic nitrogens is 3. The van der Waals surface area contributed by atoms with Gasteiger partial charge in [-0.05, 0) is 48.4 Å². The van der Waals surface area contributed by atoms with E-state index in [2.05, 4.69) is 25.2 Å². The summed E-state index contributed by atoms with van der Waals surface area (Å²) in [6.45, 7) is 2.04. The maximum Gasteiger partial charge on any atom is 1.00 e. The zero-order valence-electron chi connectivity index (χ0n) is 23.9. The molecule has 3 aromatic heterocycles. The number of hydrogen-bond acceptors (Lipinski definition) is 10. The van der Waals surface area contributed by atoms with Gasteiger partial charge in [-0.3, -0.25) is 24.6 Å². The maximum atomic E-state index is 12.7. The number of nitrogens with zero attached hydrogens (tertiary/aromatic N) is 4. The van der Waals surface area contributed by atoms with Crippen LogP contribution in [0, 0.1) is 0 Å². The molecule has 0 spiro atoms. The Morgan fingerprint density at radius 3 is 2.00 bits per heavy atom. The van der Waals surface area contributed by atoms with Gasteiger partial charge in [0.15, 0.2) is 0 Å². The van der Waals surface area contributed by atoms with Crippen LogP contribution in [0.1, 0.15) is 43.4 Å². The van der Waals surface area contributed by atoms with Crippen molar-refractivity contribution in [2.24, 2.45) is 0 Å². The Morgan fingerprint density at radius 1 is 0.860 bits per heavy atom. The monoisotopic (exact) mass is 607 g/mol. The second-order valence-corrected chi connectivity index (χ2v) is 10.9. The molecule has 0 aliphatic rings. The topological polar surface area (TPSA) is 152 Å². The third-order valence-electron chi connectivity index (χ3n) is 6.41. The van der Waals surface area contributed by atoms with Gasteiger partial charge in [-0.2, -0.15) is 11.8 Å². The summed E-state index contributed by atoms with van der Waals surface area (Å²) in [4.78, 5) is 39.6. The molecule has 0 aliphatic heterocycles. The van der Waals surface area contributed by atoms with Crippen LogP contribution < -0.4 is 40.0 Å². The number of carboxylic acids is 1. The Morgan fingerprint density at radius 2 is 1.47 bits per heavy atom. The molecule has 3 heterocycles. The van der Waals surface area contributed by atoms with Gasteiger partial charge >= 0.3 is 36.7 Å². The van der Waals surface area contributed by atoms with Gasteiger partial charge in [0.05, 0.1) is 28.6 Å². The molecule has 1 atom stereocenters. The smallest absolute Gasteiger partial charge is 0.545 e. The Labute approximate surface area is 277 Å². The van der Waals surface area contributed by atoms with Crippen LogP contribution in [0.4, 0.5) is 0 Å². The molecule has 4 aromatic rings. The fraction of sp³-hybridized carbons (Fsp3) is 0.233. The number of rotatable bonds is 15. The van der Waals surface area contributed by atoms with Gasteiger partial charge in [-0.1, -0.05) is 36.4 Å². The van der Waals surface area contributed by atoms with E-state index >= 15 is 0 Å². The summed E-state index contributed by atoms with van der Waals surface area (Å²) in [6.07, 6.45) is 5.19. The second-order valence-electron chi connectivity index (χ2n) is 9.55. The molecule has 0 radical (unpaired) electrons. The standard InChI is InChI=1S/C30H32BN5O5S.Na/c37-29(34-15-16-42-28(31(40)41)17-22-7-1-2-10-27(22)30(38)39)23-11-12-26(35-18-23)21-36(19-24-8-3-5-13-32-24)20-25-9-4-6-14-33-25;/h1-14,18,28,40-41H,15-17,19-21H2,(H,34,37)(H,38,39);/q;+1/p-1. The molecular formula is C30H31BN5NaO5S. The fourth-order valence-corrected chi connectivity index (χ4v) is 5.32. The van der Waals surface area contributed by atoms with E-state index in [1.807, 2.05) is 42.5 Å². The fourth-order valence-electron chi connectivity index (χ4n) is 4.33. The molecule has 0 saturated heterocycles. The van der Waals surface area contributed by atoms with E-state index < -0.39 is 18.2 Å². The molecule has 4 rings (SSSR count).